The molecule has 1 saturated carbocycles. The summed E-state index contributed by atoms with van der Waals surface area (Å²) in [5.74, 6) is 0. The molecule has 1 fully saturated rings. The summed E-state index contributed by atoms with van der Waals surface area (Å²) >= 11 is 0. The van der Waals surface area contributed by atoms with Crippen molar-refractivity contribution in [3.63, 3.8) is 0 Å². The molecule has 2 aliphatic carbocycles. The highest BCUT2D eigenvalue weighted by Gasteiger charge is 2.46. The van der Waals surface area contributed by atoms with Crippen LogP contribution < -0.4 is 4.72 Å². The van der Waals surface area contributed by atoms with Crippen molar-refractivity contribution in [1.29, 1.82) is 0 Å². The maximum atomic E-state index is 13.0. The van der Waals surface area contributed by atoms with Gasteiger partial charge >= 0.3 is 0 Å². The molecule has 128 valence electrons. The summed E-state index contributed by atoms with van der Waals surface area (Å²) in [6.45, 7) is 0.375. The highest BCUT2D eigenvalue weighted by atomic mass is 32.2. The van der Waals surface area contributed by atoms with Gasteiger partial charge < -0.3 is 0 Å². The maximum absolute atomic E-state index is 13.0. The molecule has 5 nitrogen and oxygen atoms in total. The Hall–Kier alpha value is -2.18. The monoisotopic (exact) mass is 353 g/mol. The van der Waals surface area contributed by atoms with Crippen molar-refractivity contribution in [2.24, 2.45) is 0 Å². The lowest BCUT2D eigenvalue weighted by Gasteiger charge is -2.18. The standard InChI is InChI=1S/C19H19N3O2S/c23-25(24,21-13-19(9-10-19)22-12-2-11-20-22)17-8-7-15-6-5-14-3-1-4-16(17)18(14)15/h1-4,7-8,11-12,21H,5-6,9-10,13H2. The Labute approximate surface area is 146 Å². The van der Waals surface area contributed by atoms with Gasteiger partial charge in [-0.2, -0.15) is 5.10 Å². The van der Waals surface area contributed by atoms with Gasteiger partial charge in [0.05, 0.1) is 10.4 Å². The number of sulfonamides is 1. The predicted molar refractivity (Wildman–Crippen MR) is 96.0 cm³/mol. The van der Waals surface area contributed by atoms with Crippen molar-refractivity contribution < 1.29 is 8.42 Å². The van der Waals surface area contributed by atoms with E-state index in [1.807, 2.05) is 35.1 Å². The van der Waals surface area contributed by atoms with Crippen LogP contribution in [-0.4, -0.2) is 24.7 Å². The molecule has 25 heavy (non-hydrogen) atoms. The third-order valence-corrected chi connectivity index (χ3v) is 6.99. The summed E-state index contributed by atoms with van der Waals surface area (Å²) in [6.07, 6.45) is 7.51. The summed E-state index contributed by atoms with van der Waals surface area (Å²) in [5, 5.41) is 6.25. The molecule has 3 aromatic rings. The molecule has 1 heterocycles. The normalized spacial score (nSPS) is 17.9. The van der Waals surface area contributed by atoms with Gasteiger partial charge in [0.1, 0.15) is 0 Å². The minimum Gasteiger partial charge on any atom is -0.265 e. The van der Waals surface area contributed by atoms with E-state index in [1.165, 1.54) is 11.1 Å². The second-order valence-corrected chi connectivity index (χ2v) is 8.80. The van der Waals surface area contributed by atoms with E-state index in [2.05, 4.69) is 15.9 Å². The largest absolute Gasteiger partial charge is 0.265 e. The Kier molecular flexibility index (Phi) is 3.12. The van der Waals surface area contributed by atoms with Crippen molar-refractivity contribution in [3.05, 3.63) is 59.9 Å². The molecule has 0 bridgehead atoms. The van der Waals surface area contributed by atoms with Gasteiger partial charge in [-0.15, -0.1) is 0 Å². The van der Waals surface area contributed by atoms with Crippen molar-refractivity contribution in [1.82, 2.24) is 14.5 Å². The molecule has 2 aliphatic rings. The zero-order valence-corrected chi connectivity index (χ0v) is 14.6. The Balaban J connectivity index is 1.50. The van der Waals surface area contributed by atoms with E-state index in [9.17, 15) is 8.42 Å². The summed E-state index contributed by atoms with van der Waals surface area (Å²) < 4.78 is 30.7. The molecule has 5 rings (SSSR count). The van der Waals surface area contributed by atoms with E-state index in [0.717, 1.165) is 36.5 Å². The lowest BCUT2D eigenvalue weighted by atomic mass is 10.1. The molecule has 0 atom stereocenters. The summed E-state index contributed by atoms with van der Waals surface area (Å²) in [4.78, 5) is 0.381. The van der Waals surface area contributed by atoms with Gasteiger partial charge in [0.2, 0.25) is 10.0 Å². The lowest BCUT2D eigenvalue weighted by Crippen LogP contribution is -2.36. The molecule has 0 unspecified atom stereocenters. The number of aromatic nitrogens is 2. The van der Waals surface area contributed by atoms with E-state index in [1.54, 1.807) is 12.3 Å². The van der Waals surface area contributed by atoms with Crippen LogP contribution in [0.4, 0.5) is 0 Å². The number of nitrogens with one attached hydrogen (secondary N) is 1. The number of nitrogens with zero attached hydrogens (tertiary/aromatic N) is 2. The van der Waals surface area contributed by atoms with E-state index < -0.39 is 10.0 Å². The number of benzene rings is 2. The van der Waals surface area contributed by atoms with Crippen molar-refractivity contribution in [2.45, 2.75) is 36.1 Å². The van der Waals surface area contributed by atoms with E-state index in [-0.39, 0.29) is 5.54 Å². The second-order valence-electron chi connectivity index (χ2n) is 7.06. The highest BCUT2D eigenvalue weighted by molar-refractivity contribution is 7.89. The van der Waals surface area contributed by atoms with E-state index in [0.29, 0.717) is 11.4 Å². The van der Waals surface area contributed by atoms with Crippen LogP contribution in [0.3, 0.4) is 0 Å². The molecule has 0 radical (unpaired) electrons. The third kappa shape index (κ3) is 2.32. The fourth-order valence-electron chi connectivity index (χ4n) is 3.94. The van der Waals surface area contributed by atoms with Gasteiger partial charge in [0.15, 0.2) is 0 Å². The van der Waals surface area contributed by atoms with Gasteiger partial charge in [-0.1, -0.05) is 24.3 Å². The highest BCUT2D eigenvalue weighted by Crippen LogP contribution is 2.42. The molecular formula is C19H19N3O2S. The minimum atomic E-state index is -3.57. The Morgan fingerprint density at radius 2 is 1.88 bits per heavy atom. The topological polar surface area (TPSA) is 64.0 Å². The number of hydrogen-bond donors (Lipinski definition) is 1. The first-order chi connectivity index (χ1) is 12.1. The van der Waals surface area contributed by atoms with Crippen LogP contribution in [0.5, 0.6) is 0 Å². The summed E-state index contributed by atoms with van der Waals surface area (Å²) in [5.41, 5.74) is 2.30. The minimum absolute atomic E-state index is 0.203. The first-order valence-corrected chi connectivity index (χ1v) is 10.1. The molecule has 0 spiro atoms. The summed E-state index contributed by atoms with van der Waals surface area (Å²) in [7, 11) is -3.57. The van der Waals surface area contributed by atoms with E-state index >= 15 is 0 Å². The van der Waals surface area contributed by atoms with Gasteiger partial charge in [0, 0.05) is 24.3 Å². The van der Waals surface area contributed by atoms with Crippen LogP contribution in [-0.2, 0) is 28.4 Å². The fourth-order valence-corrected chi connectivity index (χ4v) is 5.26. The zero-order valence-electron chi connectivity index (χ0n) is 13.8. The van der Waals surface area contributed by atoms with Gasteiger partial charge in [-0.05, 0) is 54.3 Å². The van der Waals surface area contributed by atoms with Crippen LogP contribution in [0, 0.1) is 0 Å². The Morgan fingerprint density at radius 1 is 1.08 bits per heavy atom. The third-order valence-electron chi connectivity index (χ3n) is 5.54. The average Bonchev–Trinajstić information content (AvgIpc) is 3.02. The average molecular weight is 353 g/mol. The van der Waals surface area contributed by atoms with Gasteiger partial charge in [-0.3, -0.25) is 4.68 Å². The number of aryl methyl sites for hydroxylation is 2. The van der Waals surface area contributed by atoms with Crippen molar-refractivity contribution >= 4 is 20.8 Å². The van der Waals surface area contributed by atoms with E-state index in [4.69, 9.17) is 0 Å². The molecule has 1 aromatic heterocycles. The lowest BCUT2D eigenvalue weighted by molar-refractivity contribution is 0.425. The van der Waals surface area contributed by atoms with Crippen LogP contribution in [0.15, 0.2) is 53.7 Å². The number of rotatable bonds is 5. The van der Waals surface area contributed by atoms with Crippen LogP contribution in [0.25, 0.3) is 10.8 Å². The number of hydrogen-bond acceptors (Lipinski definition) is 3. The Morgan fingerprint density at radius 3 is 2.60 bits per heavy atom. The predicted octanol–water partition coefficient (Wildman–Crippen LogP) is 2.60. The van der Waals surface area contributed by atoms with Crippen LogP contribution in [0.1, 0.15) is 24.0 Å². The van der Waals surface area contributed by atoms with Crippen molar-refractivity contribution in [2.75, 3.05) is 6.54 Å². The maximum Gasteiger partial charge on any atom is 0.241 e. The molecule has 6 heteroatoms. The molecule has 1 N–H and O–H groups in total. The SMILES string of the molecule is O=S(=O)(NCC1(n2cccn2)CC1)c1ccc2c3c(cccc13)CC2. The molecule has 0 amide bonds. The van der Waals surface area contributed by atoms with Gasteiger partial charge in [-0.25, -0.2) is 13.1 Å². The molecule has 0 saturated heterocycles. The van der Waals surface area contributed by atoms with Crippen molar-refractivity contribution in [3.8, 4) is 0 Å². The van der Waals surface area contributed by atoms with Gasteiger partial charge in [0.25, 0.3) is 0 Å². The smallest absolute Gasteiger partial charge is 0.241 e. The fraction of sp³-hybridized carbons (Fsp3) is 0.316. The molecule has 0 aliphatic heterocycles. The molecular weight excluding hydrogens is 334 g/mol. The quantitative estimate of drug-likeness (QED) is 0.767. The first-order valence-electron chi connectivity index (χ1n) is 8.62. The second kappa shape index (κ2) is 5.16. The Bertz CT molecular complexity index is 1060. The first kappa shape index (κ1) is 15.1. The summed E-state index contributed by atoms with van der Waals surface area (Å²) in [6, 6.07) is 11.6. The zero-order chi connectivity index (χ0) is 17.1. The molecule has 2 aromatic carbocycles. The van der Waals surface area contributed by atoms with Crippen LogP contribution in [0.2, 0.25) is 0 Å². The van der Waals surface area contributed by atoms with Crippen LogP contribution >= 0.6 is 0 Å².